The Morgan fingerprint density at radius 1 is 1.30 bits per heavy atom. The summed E-state index contributed by atoms with van der Waals surface area (Å²) in [6.07, 6.45) is 0.796. The van der Waals surface area contributed by atoms with Crippen molar-refractivity contribution in [3.05, 3.63) is 0 Å². The van der Waals surface area contributed by atoms with Gasteiger partial charge in [0.1, 0.15) is 12.6 Å². The van der Waals surface area contributed by atoms with Crippen molar-refractivity contribution in [3.63, 3.8) is 0 Å². The quantitative estimate of drug-likeness (QED) is 0.348. The number of amides is 3. The van der Waals surface area contributed by atoms with Gasteiger partial charge in [-0.3, -0.25) is 4.79 Å². The lowest BCUT2D eigenvalue weighted by Crippen LogP contribution is -2.46. The fourth-order valence-electron chi connectivity index (χ4n) is 1.31. The Hall–Kier alpha value is -1.87. The first kappa shape index (κ1) is 18.1. The van der Waals surface area contributed by atoms with Crippen molar-refractivity contribution in [3.8, 4) is 0 Å². The Bertz CT molecular complexity index is 323. The zero-order valence-corrected chi connectivity index (χ0v) is 11.4. The molecule has 0 aliphatic carbocycles. The summed E-state index contributed by atoms with van der Waals surface area (Å²) in [6, 6.07) is -1.59. The van der Waals surface area contributed by atoms with Crippen LogP contribution in [0.2, 0.25) is 0 Å². The van der Waals surface area contributed by atoms with Crippen LogP contribution in [0.5, 0.6) is 0 Å². The highest BCUT2D eigenvalue weighted by Gasteiger charge is 2.18. The Morgan fingerprint density at radius 3 is 2.55 bits per heavy atom. The number of aliphatic carboxylic acids is 1. The number of methoxy groups -OCH3 is 1. The maximum atomic E-state index is 11.4. The predicted octanol–water partition coefficient (Wildman–Crippen LogP) is -1.33. The number of ether oxygens (including phenoxy) is 2. The summed E-state index contributed by atoms with van der Waals surface area (Å²) in [5, 5.41) is 13.7. The highest BCUT2D eigenvalue weighted by molar-refractivity contribution is 5.82. The third-order valence-corrected chi connectivity index (χ3v) is 2.22. The minimum Gasteiger partial charge on any atom is -0.480 e. The summed E-state index contributed by atoms with van der Waals surface area (Å²) in [5.74, 6) is -1.71. The number of hydrogen-bond donors (Lipinski definition) is 4. The molecule has 0 bridgehead atoms. The molecule has 0 saturated carbocycles. The van der Waals surface area contributed by atoms with Gasteiger partial charge < -0.3 is 30.9 Å². The summed E-state index contributed by atoms with van der Waals surface area (Å²) in [4.78, 5) is 32.7. The smallest absolute Gasteiger partial charge is 0.326 e. The summed E-state index contributed by atoms with van der Waals surface area (Å²) >= 11 is 0. The molecule has 5 N–H and O–H groups in total. The van der Waals surface area contributed by atoms with Gasteiger partial charge in [-0.25, -0.2) is 9.59 Å². The minimum absolute atomic E-state index is 0.109. The highest BCUT2D eigenvalue weighted by atomic mass is 16.5. The summed E-state index contributed by atoms with van der Waals surface area (Å²) in [7, 11) is 1.52. The number of carboxylic acid groups (broad SMARTS) is 1. The Morgan fingerprint density at radius 2 is 2.00 bits per heavy atom. The van der Waals surface area contributed by atoms with Gasteiger partial charge in [-0.15, -0.1) is 0 Å². The molecule has 3 amide bonds. The van der Waals surface area contributed by atoms with Crippen LogP contribution < -0.4 is 16.4 Å². The second-order valence-corrected chi connectivity index (χ2v) is 3.94. The largest absolute Gasteiger partial charge is 0.480 e. The van der Waals surface area contributed by atoms with Gasteiger partial charge in [0.15, 0.2) is 0 Å². The number of primary amides is 1. The molecule has 0 aromatic heterocycles. The molecular weight excluding hydrogens is 270 g/mol. The van der Waals surface area contributed by atoms with Crippen LogP contribution in [-0.4, -0.2) is 62.5 Å². The lowest BCUT2D eigenvalue weighted by molar-refractivity contribution is -0.139. The van der Waals surface area contributed by atoms with Gasteiger partial charge in [0.25, 0.3) is 0 Å². The van der Waals surface area contributed by atoms with E-state index in [9.17, 15) is 14.4 Å². The number of nitrogens with two attached hydrogens (primary N) is 1. The Labute approximate surface area is 116 Å². The molecular formula is C11H21N3O6. The van der Waals surface area contributed by atoms with Crippen molar-refractivity contribution in [2.24, 2.45) is 5.73 Å². The Balaban J connectivity index is 3.83. The molecule has 0 aliphatic rings. The standard InChI is InChI=1S/C11H21N3O6/c1-19-5-2-3-8(10(16)17)14-11(18)13-4-6-20-7-9(12)15/h8H,2-7H2,1H3,(H2,12,15)(H,16,17)(H2,13,14,18). The van der Waals surface area contributed by atoms with Crippen molar-refractivity contribution in [2.75, 3.05) is 33.5 Å². The predicted molar refractivity (Wildman–Crippen MR) is 69.1 cm³/mol. The number of urea groups is 1. The molecule has 0 aromatic carbocycles. The zero-order valence-electron chi connectivity index (χ0n) is 11.4. The summed E-state index contributed by atoms with van der Waals surface area (Å²) in [5.41, 5.74) is 4.85. The normalized spacial score (nSPS) is 11.7. The second-order valence-electron chi connectivity index (χ2n) is 3.94. The fourth-order valence-corrected chi connectivity index (χ4v) is 1.31. The van der Waals surface area contributed by atoms with E-state index in [2.05, 4.69) is 10.6 Å². The molecule has 116 valence electrons. The molecule has 0 fully saturated rings. The van der Waals surface area contributed by atoms with Crippen molar-refractivity contribution in [1.29, 1.82) is 0 Å². The van der Waals surface area contributed by atoms with E-state index in [1.54, 1.807) is 0 Å². The number of hydrogen-bond acceptors (Lipinski definition) is 5. The molecule has 0 aliphatic heterocycles. The average Bonchev–Trinajstić information content (AvgIpc) is 2.36. The molecule has 9 nitrogen and oxygen atoms in total. The second kappa shape index (κ2) is 11.0. The molecule has 0 heterocycles. The van der Waals surface area contributed by atoms with Crippen LogP contribution in [0.1, 0.15) is 12.8 Å². The molecule has 0 rings (SSSR count). The molecule has 9 heteroatoms. The topological polar surface area (TPSA) is 140 Å². The van der Waals surface area contributed by atoms with Crippen molar-refractivity contribution in [2.45, 2.75) is 18.9 Å². The van der Waals surface area contributed by atoms with Gasteiger partial charge in [0.2, 0.25) is 5.91 Å². The van der Waals surface area contributed by atoms with Crippen molar-refractivity contribution in [1.82, 2.24) is 10.6 Å². The van der Waals surface area contributed by atoms with E-state index in [-0.39, 0.29) is 26.2 Å². The molecule has 0 radical (unpaired) electrons. The van der Waals surface area contributed by atoms with Crippen LogP contribution in [0.4, 0.5) is 4.79 Å². The minimum atomic E-state index is -1.11. The monoisotopic (exact) mass is 291 g/mol. The van der Waals surface area contributed by atoms with Crippen molar-refractivity contribution < 1.29 is 29.0 Å². The van der Waals surface area contributed by atoms with Gasteiger partial charge in [-0.05, 0) is 12.8 Å². The van der Waals surface area contributed by atoms with E-state index in [1.165, 1.54) is 7.11 Å². The fraction of sp³-hybridized carbons (Fsp3) is 0.727. The van der Waals surface area contributed by atoms with Crippen LogP contribution in [0.25, 0.3) is 0 Å². The number of nitrogens with one attached hydrogen (secondary N) is 2. The third-order valence-electron chi connectivity index (χ3n) is 2.22. The van der Waals surface area contributed by atoms with Crippen LogP contribution >= 0.6 is 0 Å². The molecule has 1 atom stereocenters. The van der Waals surface area contributed by atoms with E-state index in [4.69, 9.17) is 20.3 Å². The van der Waals surface area contributed by atoms with Gasteiger partial charge in [0, 0.05) is 20.3 Å². The summed E-state index contributed by atoms with van der Waals surface area (Å²) in [6.45, 7) is 0.452. The maximum Gasteiger partial charge on any atom is 0.326 e. The van der Waals surface area contributed by atoms with E-state index in [0.29, 0.717) is 13.0 Å². The first-order valence-electron chi connectivity index (χ1n) is 6.09. The SMILES string of the molecule is COCCCC(NC(=O)NCCOCC(N)=O)C(=O)O. The van der Waals surface area contributed by atoms with Gasteiger partial charge in [0.05, 0.1) is 6.61 Å². The lowest BCUT2D eigenvalue weighted by Gasteiger charge is -2.14. The number of carbonyl (C=O) groups excluding carboxylic acids is 2. The van der Waals surface area contributed by atoms with E-state index < -0.39 is 23.9 Å². The molecule has 0 saturated heterocycles. The van der Waals surface area contributed by atoms with E-state index in [1.807, 2.05) is 0 Å². The van der Waals surface area contributed by atoms with Crippen LogP contribution in [0.3, 0.4) is 0 Å². The Kier molecular flexibility index (Phi) is 9.97. The molecule has 1 unspecified atom stereocenters. The average molecular weight is 291 g/mol. The van der Waals surface area contributed by atoms with Crippen LogP contribution in [0, 0.1) is 0 Å². The van der Waals surface area contributed by atoms with Crippen LogP contribution in [-0.2, 0) is 19.1 Å². The number of carboxylic acids is 1. The molecule has 0 aromatic rings. The third kappa shape index (κ3) is 10.1. The first-order chi connectivity index (χ1) is 9.47. The van der Waals surface area contributed by atoms with Crippen LogP contribution in [0.15, 0.2) is 0 Å². The number of carbonyl (C=O) groups is 3. The summed E-state index contributed by atoms with van der Waals surface area (Å²) < 4.78 is 9.64. The maximum absolute atomic E-state index is 11.4. The van der Waals surface area contributed by atoms with Gasteiger partial charge in [-0.1, -0.05) is 0 Å². The van der Waals surface area contributed by atoms with E-state index in [0.717, 1.165) is 0 Å². The van der Waals surface area contributed by atoms with Crippen molar-refractivity contribution >= 4 is 17.9 Å². The highest BCUT2D eigenvalue weighted by Crippen LogP contribution is 1.98. The van der Waals surface area contributed by atoms with E-state index >= 15 is 0 Å². The first-order valence-corrected chi connectivity index (χ1v) is 6.09. The van der Waals surface area contributed by atoms with Gasteiger partial charge in [-0.2, -0.15) is 0 Å². The lowest BCUT2D eigenvalue weighted by atomic mass is 10.1. The molecule has 20 heavy (non-hydrogen) atoms. The van der Waals surface area contributed by atoms with Gasteiger partial charge >= 0.3 is 12.0 Å². The zero-order chi connectivity index (χ0) is 15.4. The number of rotatable bonds is 11. The molecule has 0 spiro atoms.